The third-order valence-electron chi connectivity index (χ3n) is 2.57. The highest BCUT2D eigenvalue weighted by molar-refractivity contribution is 6.33. The number of nitro groups is 2. The lowest BCUT2D eigenvalue weighted by atomic mass is 10.3. The molecule has 0 fully saturated rings. The highest BCUT2D eigenvalue weighted by Gasteiger charge is 2.15. The number of nitrogens with one attached hydrogen (secondary N) is 1. The topological polar surface area (TPSA) is 133 Å². The average Bonchev–Trinajstić information content (AvgIpc) is 2.89. The lowest BCUT2D eigenvalue weighted by Crippen LogP contribution is -2.18. The molecule has 22 heavy (non-hydrogen) atoms. The summed E-state index contributed by atoms with van der Waals surface area (Å²) in [7, 11) is 0. The Hall–Kier alpha value is -3.01. The van der Waals surface area contributed by atoms with Crippen LogP contribution in [-0.2, 0) is 11.3 Å². The van der Waals surface area contributed by atoms with E-state index in [-0.39, 0.29) is 28.8 Å². The van der Waals surface area contributed by atoms with E-state index in [9.17, 15) is 25.0 Å². The van der Waals surface area contributed by atoms with Gasteiger partial charge in [-0.3, -0.25) is 14.9 Å². The van der Waals surface area contributed by atoms with Crippen LogP contribution in [0.2, 0.25) is 5.02 Å². The molecule has 0 bridgehead atoms. The average molecular weight is 326 g/mol. The zero-order valence-corrected chi connectivity index (χ0v) is 11.6. The number of nitrogens with zero attached hydrogens (tertiary/aromatic N) is 4. The van der Waals surface area contributed by atoms with Crippen molar-refractivity contribution in [3.8, 4) is 0 Å². The maximum Gasteiger partial charge on any atom is 0.381 e. The second-order valence-corrected chi connectivity index (χ2v) is 4.54. The van der Waals surface area contributed by atoms with Crippen molar-refractivity contribution in [2.45, 2.75) is 6.54 Å². The van der Waals surface area contributed by atoms with E-state index in [1.165, 1.54) is 16.7 Å². The molecule has 1 amide bonds. The lowest BCUT2D eigenvalue weighted by molar-refractivity contribution is -0.389. The largest absolute Gasteiger partial charge is 0.381 e. The summed E-state index contributed by atoms with van der Waals surface area (Å²) in [4.78, 5) is 35.2. The second-order valence-electron chi connectivity index (χ2n) is 4.13. The van der Waals surface area contributed by atoms with E-state index in [0.29, 0.717) is 0 Å². The van der Waals surface area contributed by atoms with E-state index in [4.69, 9.17) is 11.6 Å². The number of nitro benzene ring substituents is 1. The summed E-state index contributed by atoms with van der Waals surface area (Å²) >= 11 is 5.85. The fourth-order valence-corrected chi connectivity index (χ4v) is 1.77. The van der Waals surface area contributed by atoms with E-state index in [1.54, 1.807) is 0 Å². The van der Waals surface area contributed by atoms with E-state index in [2.05, 4.69) is 10.3 Å². The van der Waals surface area contributed by atoms with Crippen LogP contribution in [0.25, 0.3) is 0 Å². The van der Waals surface area contributed by atoms with Crippen LogP contribution in [0.5, 0.6) is 0 Å². The summed E-state index contributed by atoms with van der Waals surface area (Å²) in [5.41, 5.74) is -0.145. The van der Waals surface area contributed by atoms with Crippen LogP contribution in [0, 0.1) is 20.2 Å². The van der Waals surface area contributed by atoms with Gasteiger partial charge in [0.1, 0.15) is 12.7 Å². The number of rotatable bonds is 5. The smallest absolute Gasteiger partial charge is 0.358 e. The van der Waals surface area contributed by atoms with Gasteiger partial charge in [0.2, 0.25) is 12.2 Å². The molecule has 0 radical (unpaired) electrons. The normalized spacial score (nSPS) is 10.2. The molecule has 0 saturated carbocycles. The zero-order valence-electron chi connectivity index (χ0n) is 10.8. The minimum atomic E-state index is -0.689. The molecule has 0 unspecified atom stereocenters. The summed E-state index contributed by atoms with van der Waals surface area (Å²) in [5, 5.41) is 23.7. The summed E-state index contributed by atoms with van der Waals surface area (Å²) in [6.45, 7) is -0.250. The summed E-state index contributed by atoms with van der Waals surface area (Å²) in [6.07, 6.45) is 2.22. The first-order valence-electron chi connectivity index (χ1n) is 5.77. The molecular formula is C11H8ClN5O5. The molecule has 2 aromatic rings. The van der Waals surface area contributed by atoms with E-state index in [1.807, 2.05) is 0 Å². The van der Waals surface area contributed by atoms with Crippen LogP contribution < -0.4 is 5.32 Å². The number of halogens is 1. The minimum absolute atomic E-state index is 0.0791. The molecule has 114 valence electrons. The van der Waals surface area contributed by atoms with Crippen LogP contribution in [0.1, 0.15) is 0 Å². The van der Waals surface area contributed by atoms with Gasteiger partial charge in [-0.05, 0) is 16.0 Å². The number of hydrogen-bond donors (Lipinski definition) is 1. The van der Waals surface area contributed by atoms with Crippen molar-refractivity contribution in [2.24, 2.45) is 0 Å². The van der Waals surface area contributed by atoms with Crippen molar-refractivity contribution in [3.05, 3.63) is 56.0 Å². The summed E-state index contributed by atoms with van der Waals surface area (Å²) in [5.74, 6) is -0.948. The van der Waals surface area contributed by atoms with Crippen LogP contribution in [0.15, 0.2) is 30.7 Å². The fraction of sp³-hybridized carbons (Fsp3) is 0.0909. The third-order valence-corrected chi connectivity index (χ3v) is 2.90. The minimum Gasteiger partial charge on any atom is -0.358 e. The Balaban J connectivity index is 2.09. The van der Waals surface area contributed by atoms with Gasteiger partial charge in [-0.25, -0.2) is 0 Å². The van der Waals surface area contributed by atoms with Gasteiger partial charge in [-0.2, -0.15) is 0 Å². The third kappa shape index (κ3) is 3.55. The number of carbonyl (C=O) groups excluding carboxylic acids is 1. The first kappa shape index (κ1) is 15.4. The number of hydrogen-bond acceptors (Lipinski definition) is 6. The number of amides is 1. The maximum atomic E-state index is 11.8. The first-order valence-corrected chi connectivity index (χ1v) is 6.14. The molecule has 2 rings (SSSR count). The number of imidazole rings is 1. The Labute approximate surface area is 127 Å². The molecule has 1 heterocycles. The van der Waals surface area contributed by atoms with Crippen LogP contribution in [0.4, 0.5) is 17.2 Å². The van der Waals surface area contributed by atoms with Gasteiger partial charge in [-0.15, -0.1) is 0 Å². The van der Waals surface area contributed by atoms with Gasteiger partial charge in [0.05, 0.1) is 15.6 Å². The van der Waals surface area contributed by atoms with Gasteiger partial charge in [0.15, 0.2) is 0 Å². The Morgan fingerprint density at radius 2 is 2.05 bits per heavy atom. The van der Waals surface area contributed by atoms with E-state index < -0.39 is 15.8 Å². The molecule has 0 atom stereocenters. The molecule has 0 spiro atoms. The maximum absolute atomic E-state index is 11.8. The molecule has 10 nitrogen and oxygen atoms in total. The Kier molecular flexibility index (Phi) is 4.32. The molecule has 0 aliphatic heterocycles. The molecule has 0 aliphatic carbocycles. The van der Waals surface area contributed by atoms with Crippen LogP contribution >= 0.6 is 11.6 Å². The first-order chi connectivity index (χ1) is 10.4. The number of aromatic nitrogens is 2. The number of benzene rings is 1. The van der Waals surface area contributed by atoms with Crippen molar-refractivity contribution in [2.75, 3.05) is 5.32 Å². The lowest BCUT2D eigenvalue weighted by Gasteiger charge is -2.07. The number of anilines is 1. The van der Waals surface area contributed by atoms with Gasteiger partial charge >= 0.3 is 5.82 Å². The predicted molar refractivity (Wildman–Crippen MR) is 75.6 cm³/mol. The van der Waals surface area contributed by atoms with Gasteiger partial charge in [-0.1, -0.05) is 11.6 Å². The molecule has 1 aromatic carbocycles. The molecule has 1 N–H and O–H groups in total. The standard InChI is InChI=1S/C11H8ClN5O5/c12-8-2-1-7(16(19)20)3-9(8)14-11(18)5-15-4-10(13-6-15)17(21)22/h1-4,6H,5H2,(H,14,18). The molecular weight excluding hydrogens is 318 g/mol. The monoisotopic (exact) mass is 325 g/mol. The van der Waals surface area contributed by atoms with Crippen molar-refractivity contribution in [3.63, 3.8) is 0 Å². The Bertz CT molecular complexity index is 759. The van der Waals surface area contributed by atoms with Crippen molar-refractivity contribution in [1.29, 1.82) is 0 Å². The van der Waals surface area contributed by atoms with Gasteiger partial charge < -0.3 is 20.0 Å². The van der Waals surface area contributed by atoms with E-state index in [0.717, 1.165) is 18.6 Å². The summed E-state index contributed by atoms with van der Waals surface area (Å²) < 4.78 is 1.21. The van der Waals surface area contributed by atoms with Gasteiger partial charge in [0.25, 0.3) is 5.69 Å². The highest BCUT2D eigenvalue weighted by Crippen LogP contribution is 2.26. The molecule has 1 aromatic heterocycles. The van der Waals surface area contributed by atoms with Crippen molar-refractivity contribution < 1.29 is 14.6 Å². The zero-order chi connectivity index (χ0) is 16.3. The Morgan fingerprint density at radius 1 is 1.32 bits per heavy atom. The van der Waals surface area contributed by atoms with E-state index >= 15 is 0 Å². The second kappa shape index (κ2) is 6.18. The van der Waals surface area contributed by atoms with Crippen molar-refractivity contribution in [1.82, 2.24) is 9.55 Å². The molecule has 11 heteroatoms. The highest BCUT2D eigenvalue weighted by atomic mass is 35.5. The molecule has 0 aliphatic rings. The van der Waals surface area contributed by atoms with Gasteiger partial charge in [0, 0.05) is 12.1 Å². The quantitative estimate of drug-likeness (QED) is 0.660. The van der Waals surface area contributed by atoms with Crippen molar-refractivity contribution >= 4 is 34.7 Å². The summed E-state index contributed by atoms with van der Waals surface area (Å²) in [6, 6.07) is 3.62. The van der Waals surface area contributed by atoms with Crippen LogP contribution in [0.3, 0.4) is 0 Å². The molecule has 0 saturated heterocycles. The predicted octanol–water partition coefficient (Wildman–Crippen LogP) is 1.99. The van der Waals surface area contributed by atoms with Crippen LogP contribution in [-0.4, -0.2) is 25.3 Å². The number of carbonyl (C=O) groups is 1. The SMILES string of the molecule is O=C(Cn1cnc([N+](=O)[O-])c1)Nc1cc([N+](=O)[O-])ccc1Cl. The fourth-order valence-electron chi connectivity index (χ4n) is 1.61. The number of non-ortho nitro benzene ring substituents is 1. The Morgan fingerprint density at radius 3 is 2.64 bits per heavy atom.